The van der Waals surface area contributed by atoms with Gasteiger partial charge in [-0.15, -0.1) is 11.3 Å². The van der Waals surface area contributed by atoms with Crippen molar-refractivity contribution in [2.45, 2.75) is 25.7 Å². The Labute approximate surface area is 179 Å². The molecule has 3 rings (SSSR count). The van der Waals surface area contributed by atoms with Gasteiger partial charge in [0.25, 0.3) is 10.0 Å². The highest BCUT2D eigenvalue weighted by Crippen LogP contribution is 2.37. The van der Waals surface area contributed by atoms with Gasteiger partial charge in [0.15, 0.2) is 0 Å². The molecule has 0 unspecified atom stereocenters. The molecule has 0 fully saturated rings. The van der Waals surface area contributed by atoms with E-state index in [1.165, 1.54) is 6.07 Å². The van der Waals surface area contributed by atoms with Crippen LogP contribution in [0.1, 0.15) is 27.7 Å². The summed E-state index contributed by atoms with van der Waals surface area (Å²) in [6.07, 6.45) is 0. The lowest BCUT2D eigenvalue weighted by Crippen LogP contribution is -2.17. The van der Waals surface area contributed by atoms with Crippen molar-refractivity contribution in [3.8, 4) is 11.1 Å². The van der Waals surface area contributed by atoms with E-state index in [2.05, 4.69) is 4.72 Å². The minimum absolute atomic E-state index is 0.0353. The molecule has 0 spiro atoms. The lowest BCUT2D eigenvalue weighted by Gasteiger charge is -2.12. The number of hydrogen-bond donors (Lipinski definition) is 1. The fraction of sp³-hybridized carbons (Fsp3) is 0.190. The molecule has 152 valence electrons. The van der Waals surface area contributed by atoms with Crippen molar-refractivity contribution in [3.05, 3.63) is 68.9 Å². The predicted octanol–water partition coefficient (Wildman–Crippen LogP) is 5.66. The molecule has 5 nitrogen and oxygen atoms in total. The van der Waals surface area contributed by atoms with Gasteiger partial charge in [-0.25, -0.2) is 13.2 Å². The third-order valence-corrected chi connectivity index (χ3v) is 7.22. The molecule has 3 aromatic rings. The number of rotatable bonds is 6. The summed E-state index contributed by atoms with van der Waals surface area (Å²) < 4.78 is 34.2. The summed E-state index contributed by atoms with van der Waals surface area (Å²) in [6.45, 7) is 5.60. The number of hydrogen-bond acceptors (Lipinski definition) is 5. The van der Waals surface area contributed by atoms with Gasteiger partial charge >= 0.3 is 5.97 Å². The Morgan fingerprint density at radius 2 is 1.83 bits per heavy atom. The van der Waals surface area contributed by atoms with Crippen molar-refractivity contribution < 1.29 is 17.9 Å². The summed E-state index contributed by atoms with van der Waals surface area (Å²) in [6, 6.07) is 12.3. The van der Waals surface area contributed by atoms with Crippen LogP contribution in [0, 0.1) is 13.8 Å². The maximum Gasteiger partial charge on any atom is 0.349 e. The van der Waals surface area contributed by atoms with Gasteiger partial charge in [0, 0.05) is 16.0 Å². The van der Waals surface area contributed by atoms with Gasteiger partial charge in [0.2, 0.25) is 0 Å². The Morgan fingerprint density at radius 1 is 1.14 bits per heavy atom. The van der Waals surface area contributed by atoms with Crippen molar-refractivity contribution >= 4 is 44.6 Å². The third-order valence-electron chi connectivity index (χ3n) is 4.26. The van der Waals surface area contributed by atoms with Gasteiger partial charge in [-0.3, -0.25) is 4.72 Å². The normalized spacial score (nSPS) is 11.3. The molecular formula is C21H20ClNO4S2. The molecule has 8 heteroatoms. The first-order valence-corrected chi connectivity index (χ1v) is 11.6. The van der Waals surface area contributed by atoms with Crippen LogP contribution >= 0.6 is 22.9 Å². The fourth-order valence-corrected chi connectivity index (χ4v) is 5.67. The molecular weight excluding hydrogens is 430 g/mol. The molecule has 0 amide bonds. The second-order valence-corrected chi connectivity index (χ2v) is 9.37. The monoisotopic (exact) mass is 449 g/mol. The van der Waals surface area contributed by atoms with Crippen molar-refractivity contribution in [3.63, 3.8) is 0 Å². The summed E-state index contributed by atoms with van der Waals surface area (Å²) in [7, 11) is -4.08. The summed E-state index contributed by atoms with van der Waals surface area (Å²) in [5.74, 6) is -0.668. The van der Waals surface area contributed by atoms with E-state index in [-0.39, 0.29) is 16.4 Å². The van der Waals surface area contributed by atoms with E-state index >= 15 is 0 Å². The molecule has 0 atom stereocenters. The molecule has 1 heterocycles. The molecule has 0 bridgehead atoms. The topological polar surface area (TPSA) is 72.5 Å². The van der Waals surface area contributed by atoms with Crippen molar-refractivity contribution in [2.75, 3.05) is 11.3 Å². The maximum absolute atomic E-state index is 13.3. The predicted molar refractivity (Wildman–Crippen MR) is 117 cm³/mol. The highest BCUT2D eigenvalue weighted by atomic mass is 35.5. The number of carbonyl (C=O) groups excluding carboxylic acids is 1. The average Bonchev–Trinajstić information content (AvgIpc) is 3.12. The summed E-state index contributed by atoms with van der Waals surface area (Å²) in [5.41, 5.74) is 3.34. The number of carbonyl (C=O) groups is 1. The molecule has 0 radical (unpaired) electrons. The molecule has 29 heavy (non-hydrogen) atoms. The zero-order chi connectivity index (χ0) is 21.2. The Balaban J connectivity index is 2.13. The highest BCUT2D eigenvalue weighted by Gasteiger charge is 2.30. The number of esters is 1. The van der Waals surface area contributed by atoms with Gasteiger partial charge < -0.3 is 4.74 Å². The molecule has 2 aromatic carbocycles. The second-order valence-electron chi connectivity index (χ2n) is 6.46. The van der Waals surface area contributed by atoms with Crippen LogP contribution in [-0.2, 0) is 14.8 Å². The standard InChI is InChI=1S/C21H20ClNO4S2/c1-4-27-21(24)19-20(17(12-28-19)15-8-5-13(2)6-9-15)29(25,26)23-16-10-7-14(3)18(22)11-16/h5-12,23H,4H2,1-3H3. The van der Waals surface area contributed by atoms with Gasteiger partial charge in [-0.2, -0.15) is 0 Å². The number of nitrogens with one attached hydrogen (secondary N) is 1. The van der Waals surface area contributed by atoms with Gasteiger partial charge in [-0.1, -0.05) is 47.5 Å². The minimum Gasteiger partial charge on any atom is -0.462 e. The number of benzene rings is 2. The van der Waals surface area contributed by atoms with Crippen LogP contribution in [-0.4, -0.2) is 21.0 Å². The molecule has 1 N–H and O–H groups in total. The molecule has 0 saturated heterocycles. The van der Waals surface area contributed by atoms with E-state index in [1.54, 1.807) is 24.4 Å². The van der Waals surface area contributed by atoms with Crippen LogP contribution in [0.4, 0.5) is 5.69 Å². The van der Waals surface area contributed by atoms with Crippen LogP contribution in [0.15, 0.2) is 52.7 Å². The smallest absolute Gasteiger partial charge is 0.349 e. The lowest BCUT2D eigenvalue weighted by atomic mass is 10.1. The SMILES string of the molecule is CCOC(=O)c1scc(-c2ccc(C)cc2)c1S(=O)(=O)Nc1ccc(C)c(Cl)c1. The van der Waals surface area contributed by atoms with Gasteiger partial charge in [-0.05, 0) is 44.0 Å². The number of aryl methyl sites for hydroxylation is 2. The van der Waals surface area contributed by atoms with E-state index in [0.717, 1.165) is 22.5 Å². The molecule has 0 aliphatic rings. The van der Waals surface area contributed by atoms with E-state index < -0.39 is 16.0 Å². The molecule has 0 saturated carbocycles. The van der Waals surface area contributed by atoms with E-state index in [4.69, 9.17) is 16.3 Å². The zero-order valence-corrected chi connectivity index (χ0v) is 18.5. The molecule has 0 aliphatic heterocycles. The Hall–Kier alpha value is -2.35. The Morgan fingerprint density at radius 3 is 2.45 bits per heavy atom. The number of halogens is 1. The Kier molecular flexibility index (Phi) is 6.31. The van der Waals surface area contributed by atoms with Crippen LogP contribution in [0.5, 0.6) is 0 Å². The second kappa shape index (κ2) is 8.57. The first kappa shape index (κ1) is 21.4. The fourth-order valence-electron chi connectivity index (χ4n) is 2.75. The Bertz CT molecular complexity index is 1150. The van der Waals surface area contributed by atoms with Crippen LogP contribution in [0.2, 0.25) is 5.02 Å². The van der Waals surface area contributed by atoms with Gasteiger partial charge in [0.1, 0.15) is 9.77 Å². The van der Waals surface area contributed by atoms with Crippen LogP contribution in [0.3, 0.4) is 0 Å². The molecule has 0 aliphatic carbocycles. The number of anilines is 1. The highest BCUT2D eigenvalue weighted by molar-refractivity contribution is 7.93. The van der Waals surface area contributed by atoms with Crippen molar-refractivity contribution in [1.82, 2.24) is 0 Å². The third kappa shape index (κ3) is 4.63. The van der Waals surface area contributed by atoms with Crippen LogP contribution in [0.25, 0.3) is 11.1 Å². The van der Waals surface area contributed by atoms with Crippen molar-refractivity contribution in [2.24, 2.45) is 0 Å². The van der Waals surface area contributed by atoms with E-state index in [1.807, 2.05) is 38.1 Å². The van der Waals surface area contributed by atoms with E-state index in [9.17, 15) is 13.2 Å². The molecule has 1 aromatic heterocycles. The van der Waals surface area contributed by atoms with Crippen molar-refractivity contribution in [1.29, 1.82) is 0 Å². The average molecular weight is 450 g/mol. The summed E-state index contributed by atoms with van der Waals surface area (Å²) >= 11 is 7.17. The summed E-state index contributed by atoms with van der Waals surface area (Å²) in [4.78, 5) is 12.4. The minimum atomic E-state index is -4.08. The van der Waals surface area contributed by atoms with Crippen LogP contribution < -0.4 is 4.72 Å². The van der Waals surface area contributed by atoms with E-state index in [0.29, 0.717) is 21.8 Å². The lowest BCUT2D eigenvalue weighted by molar-refractivity contribution is 0.0528. The number of thiophene rings is 1. The maximum atomic E-state index is 13.3. The summed E-state index contributed by atoms with van der Waals surface area (Å²) in [5, 5.41) is 2.10. The quantitative estimate of drug-likeness (QED) is 0.492. The number of sulfonamides is 1. The zero-order valence-electron chi connectivity index (χ0n) is 16.2. The largest absolute Gasteiger partial charge is 0.462 e. The number of ether oxygens (including phenoxy) is 1. The van der Waals surface area contributed by atoms with Gasteiger partial charge in [0.05, 0.1) is 12.3 Å². The first-order valence-electron chi connectivity index (χ1n) is 8.87. The first-order chi connectivity index (χ1) is 13.7.